The number of benzene rings is 2. The molecule has 0 fully saturated rings. The minimum atomic E-state index is -0.611. The highest BCUT2D eigenvalue weighted by molar-refractivity contribution is 8.00. The largest absolute Gasteiger partial charge is 0.462 e. The van der Waals surface area contributed by atoms with E-state index in [1.807, 2.05) is 54.6 Å². The number of anilines is 1. The van der Waals surface area contributed by atoms with Gasteiger partial charge in [-0.25, -0.2) is 9.78 Å². The third-order valence-electron chi connectivity index (χ3n) is 5.87. The molecule has 2 aromatic carbocycles. The Labute approximate surface area is 245 Å². The fourth-order valence-corrected chi connectivity index (χ4v) is 6.21. The third kappa shape index (κ3) is 6.26. The van der Waals surface area contributed by atoms with Gasteiger partial charge >= 0.3 is 5.97 Å². The van der Waals surface area contributed by atoms with Gasteiger partial charge in [0.05, 0.1) is 34.1 Å². The van der Waals surface area contributed by atoms with Gasteiger partial charge in [-0.05, 0) is 38.5 Å². The number of nitrogens with zero attached hydrogens (tertiary/aromatic N) is 2. The Morgan fingerprint density at radius 2 is 1.80 bits per heavy atom. The molecule has 0 saturated carbocycles. The van der Waals surface area contributed by atoms with Crippen molar-refractivity contribution < 1.29 is 19.1 Å². The van der Waals surface area contributed by atoms with E-state index in [4.69, 9.17) is 21.3 Å². The molecule has 0 aliphatic heterocycles. The van der Waals surface area contributed by atoms with Crippen LogP contribution in [0.4, 0.5) is 5.00 Å². The normalized spacial score (nSPS) is 10.6. The second-order valence-corrected chi connectivity index (χ2v) is 11.0. The Morgan fingerprint density at radius 3 is 2.45 bits per heavy atom. The zero-order valence-electron chi connectivity index (χ0n) is 21.9. The highest BCUT2D eigenvalue weighted by atomic mass is 35.5. The third-order valence-corrected chi connectivity index (χ3v) is 8.48. The Morgan fingerprint density at radius 1 is 1.10 bits per heavy atom. The lowest BCUT2D eigenvalue weighted by atomic mass is 9.99. The van der Waals surface area contributed by atoms with E-state index in [1.165, 1.54) is 6.92 Å². The number of nitrogens with one attached hydrogen (secondary N) is 1. The Bertz CT molecular complexity index is 1640. The van der Waals surface area contributed by atoms with Gasteiger partial charge in [-0.15, -0.1) is 11.3 Å². The maximum atomic E-state index is 13.1. The summed E-state index contributed by atoms with van der Waals surface area (Å²) in [6.07, 6.45) is 0. The number of hydrogen-bond acceptors (Lipinski definition) is 8. The van der Waals surface area contributed by atoms with Gasteiger partial charge in [0.2, 0.25) is 5.91 Å². The smallest absolute Gasteiger partial charge is 0.341 e. The number of amides is 1. The van der Waals surface area contributed by atoms with Crippen LogP contribution in [-0.2, 0) is 9.53 Å². The molecular formula is C30H24ClN3O4S2. The Kier molecular flexibility index (Phi) is 9.38. The first-order valence-electron chi connectivity index (χ1n) is 12.2. The summed E-state index contributed by atoms with van der Waals surface area (Å²) in [5, 5.41) is 14.0. The molecule has 0 bridgehead atoms. The number of esters is 1. The van der Waals surface area contributed by atoms with Crippen molar-refractivity contribution in [2.24, 2.45) is 0 Å². The fraction of sp³-hybridized carbons (Fsp3) is 0.167. The average molecular weight is 590 g/mol. The van der Waals surface area contributed by atoms with Crippen LogP contribution in [0.15, 0.2) is 65.7 Å². The molecule has 202 valence electrons. The number of rotatable bonds is 9. The second kappa shape index (κ2) is 12.9. The molecule has 7 nitrogen and oxygen atoms in total. The molecule has 40 heavy (non-hydrogen) atoms. The number of hydrogen-bond donors (Lipinski definition) is 1. The first-order chi connectivity index (χ1) is 19.2. The summed E-state index contributed by atoms with van der Waals surface area (Å²) in [6, 6.07) is 20.8. The van der Waals surface area contributed by atoms with E-state index in [9.17, 15) is 19.6 Å². The number of thioether (sulfide) groups is 1. The number of Topliss-reactive ketones (excluding diaryl/α,β-unsaturated/α-hetero) is 1. The molecule has 1 amide bonds. The fourth-order valence-electron chi connectivity index (χ4n) is 4.07. The number of pyridine rings is 1. The minimum absolute atomic E-state index is 0.101. The van der Waals surface area contributed by atoms with Crippen molar-refractivity contribution >= 4 is 57.4 Å². The average Bonchev–Trinajstić information content (AvgIpc) is 3.27. The van der Waals surface area contributed by atoms with Crippen molar-refractivity contribution in [3.8, 4) is 28.5 Å². The van der Waals surface area contributed by atoms with E-state index in [1.54, 1.807) is 19.9 Å². The van der Waals surface area contributed by atoms with Crippen molar-refractivity contribution in [1.82, 2.24) is 4.98 Å². The molecule has 0 saturated heterocycles. The van der Waals surface area contributed by atoms with Crippen LogP contribution < -0.4 is 5.32 Å². The number of carbonyl (C=O) groups excluding carboxylic acids is 3. The van der Waals surface area contributed by atoms with Crippen molar-refractivity contribution in [1.29, 1.82) is 5.26 Å². The van der Waals surface area contributed by atoms with Crippen molar-refractivity contribution in [3.63, 3.8) is 0 Å². The highest BCUT2D eigenvalue weighted by Crippen LogP contribution is 2.38. The van der Waals surface area contributed by atoms with Crippen LogP contribution in [0.2, 0.25) is 5.02 Å². The summed E-state index contributed by atoms with van der Waals surface area (Å²) >= 11 is 8.62. The summed E-state index contributed by atoms with van der Waals surface area (Å²) in [4.78, 5) is 42.9. The first-order valence-corrected chi connectivity index (χ1v) is 14.4. The highest BCUT2D eigenvalue weighted by Gasteiger charge is 2.26. The van der Waals surface area contributed by atoms with Gasteiger partial charge in [-0.2, -0.15) is 5.26 Å². The molecule has 0 radical (unpaired) electrons. The van der Waals surface area contributed by atoms with Gasteiger partial charge in [-0.1, -0.05) is 71.9 Å². The maximum Gasteiger partial charge on any atom is 0.341 e. The van der Waals surface area contributed by atoms with Gasteiger partial charge in [-0.3, -0.25) is 9.59 Å². The second-order valence-electron chi connectivity index (χ2n) is 8.57. The number of ether oxygens (including phenoxy) is 1. The van der Waals surface area contributed by atoms with Crippen LogP contribution in [0.5, 0.6) is 0 Å². The summed E-state index contributed by atoms with van der Waals surface area (Å²) in [5.74, 6) is -1.35. The van der Waals surface area contributed by atoms with Crippen LogP contribution in [0.3, 0.4) is 0 Å². The number of carbonyl (C=O) groups is 3. The number of ketones is 1. The van der Waals surface area contributed by atoms with Crippen LogP contribution in [0, 0.1) is 18.3 Å². The topological polar surface area (TPSA) is 109 Å². The van der Waals surface area contributed by atoms with Gasteiger partial charge < -0.3 is 10.1 Å². The van der Waals surface area contributed by atoms with E-state index in [0.29, 0.717) is 42.9 Å². The molecule has 4 rings (SSSR count). The lowest BCUT2D eigenvalue weighted by molar-refractivity contribution is -0.113. The summed E-state index contributed by atoms with van der Waals surface area (Å²) in [7, 11) is 0. The summed E-state index contributed by atoms with van der Waals surface area (Å²) in [6.45, 7) is 4.89. The van der Waals surface area contributed by atoms with Crippen molar-refractivity contribution in [3.05, 3.63) is 87.3 Å². The molecule has 0 spiro atoms. The molecule has 0 aliphatic rings. The Balaban J connectivity index is 1.68. The molecule has 0 unspecified atom stereocenters. The lowest BCUT2D eigenvalue weighted by Crippen LogP contribution is -2.16. The van der Waals surface area contributed by atoms with Crippen molar-refractivity contribution in [2.45, 2.75) is 25.8 Å². The number of nitriles is 1. The minimum Gasteiger partial charge on any atom is -0.462 e. The van der Waals surface area contributed by atoms with E-state index in [-0.39, 0.29) is 28.7 Å². The molecule has 0 aliphatic carbocycles. The van der Waals surface area contributed by atoms with Crippen LogP contribution in [0.1, 0.15) is 45.0 Å². The number of halogens is 1. The van der Waals surface area contributed by atoms with E-state index >= 15 is 0 Å². The zero-order valence-corrected chi connectivity index (χ0v) is 24.3. The van der Waals surface area contributed by atoms with Gasteiger partial charge in [0.25, 0.3) is 0 Å². The monoisotopic (exact) mass is 589 g/mol. The lowest BCUT2D eigenvalue weighted by Gasteiger charge is -2.13. The number of aromatic nitrogens is 1. The van der Waals surface area contributed by atoms with Crippen LogP contribution in [-0.4, -0.2) is 35.0 Å². The van der Waals surface area contributed by atoms with E-state index < -0.39 is 11.9 Å². The maximum absolute atomic E-state index is 13.1. The predicted molar refractivity (Wildman–Crippen MR) is 159 cm³/mol. The summed E-state index contributed by atoms with van der Waals surface area (Å²) in [5.41, 5.74) is 3.68. The van der Waals surface area contributed by atoms with Gasteiger partial charge in [0, 0.05) is 21.7 Å². The molecule has 4 aromatic rings. The molecule has 2 aromatic heterocycles. The van der Waals surface area contributed by atoms with E-state index in [0.717, 1.165) is 28.7 Å². The standard InChI is InChI=1S/C30H24ClN3O4S2/c1-4-38-30(37)26-17(2)27(18(3)35)40-29(26)34-25(36)16-39-28-22(15-32)21(20-12-8-9-13-23(20)31)14-24(33-28)19-10-6-5-7-11-19/h5-14H,4,16H2,1-3H3,(H,34,36). The quantitative estimate of drug-likeness (QED) is 0.123. The first kappa shape index (κ1) is 29.0. The van der Waals surface area contributed by atoms with Crippen LogP contribution in [0.25, 0.3) is 22.4 Å². The molecular weight excluding hydrogens is 566 g/mol. The molecule has 2 heterocycles. The Hall–Kier alpha value is -3.97. The van der Waals surface area contributed by atoms with E-state index in [2.05, 4.69) is 11.4 Å². The summed E-state index contributed by atoms with van der Waals surface area (Å²) < 4.78 is 5.15. The van der Waals surface area contributed by atoms with Crippen molar-refractivity contribution in [2.75, 3.05) is 17.7 Å². The molecule has 0 atom stereocenters. The van der Waals surface area contributed by atoms with Gasteiger partial charge in [0.15, 0.2) is 5.78 Å². The van der Waals surface area contributed by atoms with Crippen LogP contribution >= 0.6 is 34.7 Å². The van der Waals surface area contributed by atoms with Gasteiger partial charge in [0.1, 0.15) is 16.1 Å². The SMILES string of the molecule is CCOC(=O)c1c(NC(=O)CSc2nc(-c3ccccc3)cc(-c3ccccc3Cl)c2C#N)sc(C(C)=O)c1C. The molecule has 1 N–H and O–H groups in total. The number of thiophene rings is 1. The molecule has 10 heteroatoms. The predicted octanol–water partition coefficient (Wildman–Crippen LogP) is 7.42. The zero-order chi connectivity index (χ0) is 28.8.